The molecule has 8 heteroatoms. The number of anilines is 2. The van der Waals surface area contributed by atoms with Crippen molar-refractivity contribution < 1.29 is 4.79 Å². The first-order chi connectivity index (χ1) is 15.7. The van der Waals surface area contributed by atoms with E-state index < -0.39 is 0 Å². The van der Waals surface area contributed by atoms with Crippen LogP contribution < -0.4 is 15.5 Å². The van der Waals surface area contributed by atoms with E-state index in [0.29, 0.717) is 29.6 Å². The van der Waals surface area contributed by atoms with Crippen LogP contribution in [-0.2, 0) is 4.79 Å². The molecule has 6 aliphatic rings. The fourth-order valence-electron chi connectivity index (χ4n) is 6.09. The molecule has 5 aliphatic heterocycles. The van der Waals surface area contributed by atoms with E-state index in [1.807, 2.05) is 17.5 Å². The molecule has 0 amide bonds. The molecule has 32 heavy (non-hydrogen) atoms. The summed E-state index contributed by atoms with van der Waals surface area (Å²) >= 11 is 3.35. The Labute approximate surface area is 194 Å². The molecule has 0 radical (unpaired) electrons. The predicted octanol–water partition coefficient (Wildman–Crippen LogP) is 4.57. The van der Waals surface area contributed by atoms with Crippen LogP contribution in [0.3, 0.4) is 0 Å². The number of thiophene rings is 2. The van der Waals surface area contributed by atoms with Gasteiger partial charge in [-0.15, -0.1) is 11.3 Å². The van der Waals surface area contributed by atoms with Crippen molar-refractivity contribution in [2.45, 2.75) is 43.9 Å². The number of rotatable bonds is 1. The molecule has 2 bridgehead atoms. The van der Waals surface area contributed by atoms with Crippen molar-refractivity contribution in [3.63, 3.8) is 0 Å². The van der Waals surface area contributed by atoms with Crippen molar-refractivity contribution in [3.05, 3.63) is 56.2 Å². The lowest BCUT2D eigenvalue weighted by molar-refractivity contribution is -0.116. The topological polar surface area (TPSA) is 85.7 Å². The molecule has 160 valence electrons. The maximum Gasteiger partial charge on any atom is 0.161 e. The fraction of sp³-hybridized carbons (Fsp3) is 0.375. The maximum atomic E-state index is 13.3. The van der Waals surface area contributed by atoms with Crippen LogP contribution in [0, 0.1) is 11.3 Å². The molecule has 1 fully saturated rings. The molecule has 2 N–H and O–H groups in total. The Balaban J connectivity index is 1.53. The van der Waals surface area contributed by atoms with Crippen molar-refractivity contribution in [1.29, 1.82) is 5.26 Å². The molecular formula is C24H21N5OS2. The number of ketones is 1. The highest BCUT2D eigenvalue weighted by atomic mass is 32.1. The van der Waals surface area contributed by atoms with Gasteiger partial charge in [-0.3, -0.25) is 9.69 Å². The van der Waals surface area contributed by atoms with Crippen LogP contribution in [0.5, 0.6) is 0 Å². The average molecular weight is 460 g/mol. The molecular weight excluding hydrogens is 438 g/mol. The third kappa shape index (κ3) is 2.28. The van der Waals surface area contributed by atoms with Crippen molar-refractivity contribution in [1.82, 2.24) is 0 Å². The SMILES string of the molecule is N#CC1=C2N=C(N)c3c(sc4c3C3CCN4CC3)N2C2=C(C(=O)CCC2)[C@H]1c1cccs1. The number of carbonyl (C=O) groups is 1. The zero-order chi connectivity index (χ0) is 21.6. The third-order valence-electron chi connectivity index (χ3n) is 7.46. The highest BCUT2D eigenvalue weighted by Gasteiger charge is 2.46. The number of piperidine rings is 1. The number of nitrogens with two attached hydrogens (primary N) is 1. The molecule has 0 spiro atoms. The van der Waals surface area contributed by atoms with Crippen LogP contribution in [0.15, 0.2) is 45.2 Å². The van der Waals surface area contributed by atoms with E-state index in [1.54, 1.807) is 22.7 Å². The number of allylic oxidation sites excluding steroid dienone is 3. The number of amidine groups is 1. The quantitative estimate of drug-likeness (QED) is 0.675. The number of hydrogen-bond acceptors (Lipinski definition) is 8. The van der Waals surface area contributed by atoms with Crippen LogP contribution in [0.1, 0.15) is 59.9 Å². The zero-order valence-corrected chi connectivity index (χ0v) is 19.1. The molecule has 1 saturated heterocycles. The Morgan fingerprint density at radius 3 is 2.81 bits per heavy atom. The molecule has 0 unspecified atom stereocenters. The van der Waals surface area contributed by atoms with E-state index in [2.05, 4.69) is 15.9 Å². The molecule has 1 atom stereocenters. The van der Waals surface area contributed by atoms with Gasteiger partial charge in [0.05, 0.1) is 28.1 Å². The lowest BCUT2D eigenvalue weighted by atomic mass is 9.77. The lowest BCUT2D eigenvalue weighted by Crippen LogP contribution is -2.40. The van der Waals surface area contributed by atoms with Crippen molar-refractivity contribution >= 4 is 44.3 Å². The summed E-state index contributed by atoms with van der Waals surface area (Å²) in [5, 5.41) is 14.6. The smallest absolute Gasteiger partial charge is 0.161 e. The molecule has 8 rings (SSSR count). The van der Waals surface area contributed by atoms with Crippen LogP contribution in [-0.4, -0.2) is 24.7 Å². The zero-order valence-electron chi connectivity index (χ0n) is 17.4. The number of fused-ring (bicyclic) bond motifs is 6. The van der Waals surface area contributed by atoms with Crippen LogP contribution in [0.2, 0.25) is 0 Å². The summed E-state index contributed by atoms with van der Waals surface area (Å²) in [5.41, 5.74) is 11.3. The molecule has 2 aromatic rings. The summed E-state index contributed by atoms with van der Waals surface area (Å²) in [5.74, 6) is 1.47. The largest absolute Gasteiger partial charge is 0.383 e. The maximum absolute atomic E-state index is 13.3. The van der Waals surface area contributed by atoms with E-state index in [-0.39, 0.29) is 11.7 Å². The number of carbonyl (C=O) groups excluding carboxylic acids is 1. The second-order valence-corrected chi connectivity index (χ2v) is 11.0. The van der Waals surface area contributed by atoms with Gasteiger partial charge in [-0.05, 0) is 43.0 Å². The Bertz CT molecular complexity index is 1310. The van der Waals surface area contributed by atoms with Gasteiger partial charge in [-0.1, -0.05) is 17.4 Å². The van der Waals surface area contributed by atoms with Gasteiger partial charge in [0.2, 0.25) is 0 Å². The van der Waals surface area contributed by atoms with Crippen LogP contribution >= 0.6 is 22.7 Å². The molecule has 1 aliphatic carbocycles. The van der Waals surface area contributed by atoms with Gasteiger partial charge in [0.25, 0.3) is 0 Å². The van der Waals surface area contributed by atoms with Gasteiger partial charge in [-0.2, -0.15) is 5.26 Å². The van der Waals surface area contributed by atoms with Gasteiger partial charge in [-0.25, -0.2) is 4.99 Å². The Hall–Kier alpha value is -2.89. The summed E-state index contributed by atoms with van der Waals surface area (Å²) < 4.78 is 0. The minimum absolute atomic E-state index is 0.158. The predicted molar refractivity (Wildman–Crippen MR) is 127 cm³/mol. The van der Waals surface area contributed by atoms with Gasteiger partial charge in [0, 0.05) is 41.2 Å². The van der Waals surface area contributed by atoms with Crippen molar-refractivity contribution in [2.75, 3.05) is 22.9 Å². The minimum atomic E-state index is -0.346. The first kappa shape index (κ1) is 18.7. The summed E-state index contributed by atoms with van der Waals surface area (Å²) in [7, 11) is 0. The van der Waals surface area contributed by atoms with Gasteiger partial charge >= 0.3 is 0 Å². The number of aliphatic imine (C=N–C) groups is 1. The van der Waals surface area contributed by atoms with Gasteiger partial charge in [0.1, 0.15) is 10.8 Å². The van der Waals surface area contributed by atoms with Crippen molar-refractivity contribution in [3.8, 4) is 6.07 Å². The number of nitriles is 1. The minimum Gasteiger partial charge on any atom is -0.383 e. The number of Topliss-reactive ketones (excluding diaryl/α,β-unsaturated/α-hetero) is 1. The first-order valence-corrected chi connectivity index (χ1v) is 12.9. The highest BCUT2D eigenvalue weighted by Crippen LogP contribution is 2.58. The second kappa shape index (κ2) is 6.56. The Morgan fingerprint density at radius 2 is 2.06 bits per heavy atom. The Morgan fingerprint density at radius 1 is 1.22 bits per heavy atom. The van der Waals surface area contributed by atoms with Crippen LogP contribution in [0.25, 0.3) is 0 Å². The monoisotopic (exact) mass is 459 g/mol. The van der Waals surface area contributed by atoms with E-state index in [4.69, 9.17) is 10.7 Å². The van der Waals surface area contributed by atoms with Crippen LogP contribution in [0.4, 0.5) is 10.0 Å². The third-order valence-corrected chi connectivity index (χ3v) is 9.65. The van der Waals surface area contributed by atoms with E-state index >= 15 is 0 Å². The van der Waals surface area contributed by atoms with E-state index in [9.17, 15) is 10.1 Å². The summed E-state index contributed by atoms with van der Waals surface area (Å²) in [6, 6.07) is 6.43. The lowest BCUT2D eigenvalue weighted by Gasteiger charge is -2.41. The average Bonchev–Trinajstić information content (AvgIpc) is 3.48. The fourth-order valence-corrected chi connectivity index (χ4v) is 8.41. The van der Waals surface area contributed by atoms with Crippen molar-refractivity contribution in [2.24, 2.45) is 10.7 Å². The second-order valence-electron chi connectivity index (χ2n) is 9.03. The summed E-state index contributed by atoms with van der Waals surface area (Å²) in [6.45, 7) is 2.18. The number of hydrogen-bond donors (Lipinski definition) is 1. The molecule has 0 aromatic carbocycles. The van der Waals surface area contributed by atoms with Gasteiger partial charge in [0.15, 0.2) is 11.6 Å². The molecule has 7 heterocycles. The highest BCUT2D eigenvalue weighted by molar-refractivity contribution is 7.21. The molecule has 2 aromatic heterocycles. The van der Waals surface area contributed by atoms with E-state index in [1.165, 1.54) is 10.6 Å². The summed E-state index contributed by atoms with van der Waals surface area (Å²) in [4.78, 5) is 23.8. The Kier molecular flexibility index (Phi) is 3.83. The number of nitrogens with zero attached hydrogens (tertiary/aromatic N) is 4. The molecule has 6 nitrogen and oxygen atoms in total. The van der Waals surface area contributed by atoms with E-state index in [0.717, 1.165) is 65.5 Å². The normalized spacial score (nSPS) is 24.2. The van der Waals surface area contributed by atoms with Gasteiger partial charge < -0.3 is 10.6 Å². The standard InChI is InChI=1S/C24H21N5OS2/c25-11-13-18(16-5-2-10-31-16)19-14(3-1-4-15(19)30)29-22(13)27-21(26)20-17-12-6-8-28(9-7-12)23(17)32-24(20)29/h2,5,10,12,18H,1,3-4,6-9H2,(H2,26,27)/t18-/m1/s1. The summed E-state index contributed by atoms with van der Waals surface area (Å²) in [6.07, 6.45) is 4.49. The molecule has 0 saturated carbocycles. The first-order valence-electron chi connectivity index (χ1n) is 11.2.